The van der Waals surface area contributed by atoms with Gasteiger partial charge in [-0.1, -0.05) is 32.6 Å². The van der Waals surface area contributed by atoms with Crippen LogP contribution < -0.4 is 11.3 Å². The Bertz CT molecular complexity index is 198. The van der Waals surface area contributed by atoms with Gasteiger partial charge in [-0.25, -0.2) is 5.84 Å². The maximum atomic E-state index is 11.0. The van der Waals surface area contributed by atoms with E-state index in [9.17, 15) is 4.79 Å². The van der Waals surface area contributed by atoms with Gasteiger partial charge in [0.25, 0.3) is 0 Å². The first-order valence-electron chi connectivity index (χ1n) is 6.75. The lowest BCUT2D eigenvalue weighted by molar-refractivity contribution is -0.122. The Morgan fingerprint density at radius 2 is 1.82 bits per heavy atom. The minimum Gasteiger partial charge on any atom is -0.376 e. The number of amides is 1. The molecule has 0 saturated carbocycles. The summed E-state index contributed by atoms with van der Waals surface area (Å²) < 4.78 is 5.80. The van der Waals surface area contributed by atoms with Gasteiger partial charge in [-0.05, 0) is 26.7 Å². The minimum atomic E-state index is -0.129. The second kappa shape index (κ2) is 10.5. The molecule has 102 valence electrons. The van der Waals surface area contributed by atoms with Crippen molar-refractivity contribution < 1.29 is 9.53 Å². The van der Waals surface area contributed by atoms with Crippen LogP contribution in [-0.2, 0) is 9.53 Å². The first kappa shape index (κ1) is 16.4. The van der Waals surface area contributed by atoms with Crippen molar-refractivity contribution in [3.8, 4) is 0 Å². The van der Waals surface area contributed by atoms with Crippen molar-refractivity contribution in [2.24, 2.45) is 5.84 Å². The van der Waals surface area contributed by atoms with Gasteiger partial charge in [-0.3, -0.25) is 10.2 Å². The smallest absolute Gasteiger partial charge is 0.233 e. The molecule has 0 spiro atoms. The summed E-state index contributed by atoms with van der Waals surface area (Å²) in [5.41, 5.74) is 2.13. The number of unbranched alkanes of at least 4 members (excludes halogenated alkanes) is 3. The summed E-state index contributed by atoms with van der Waals surface area (Å²) in [5, 5.41) is 0. The van der Waals surface area contributed by atoms with Crippen LogP contribution in [0.1, 0.15) is 65.7 Å². The number of nitrogens with two attached hydrogens (primary N) is 1. The van der Waals surface area contributed by atoms with Gasteiger partial charge in [-0.2, -0.15) is 0 Å². The first-order valence-corrected chi connectivity index (χ1v) is 6.75. The summed E-state index contributed by atoms with van der Waals surface area (Å²) in [5.74, 6) is 4.88. The van der Waals surface area contributed by atoms with Crippen molar-refractivity contribution in [3.05, 3.63) is 0 Å². The molecule has 2 unspecified atom stereocenters. The predicted molar refractivity (Wildman–Crippen MR) is 70.3 cm³/mol. The van der Waals surface area contributed by atoms with Crippen LogP contribution in [0, 0.1) is 0 Å². The molecule has 0 bridgehead atoms. The Hall–Kier alpha value is -0.610. The molecule has 0 saturated heterocycles. The van der Waals surface area contributed by atoms with Crippen molar-refractivity contribution in [1.29, 1.82) is 0 Å². The van der Waals surface area contributed by atoms with Crippen LogP contribution >= 0.6 is 0 Å². The van der Waals surface area contributed by atoms with Crippen LogP contribution in [0.2, 0.25) is 0 Å². The van der Waals surface area contributed by atoms with E-state index in [2.05, 4.69) is 19.3 Å². The summed E-state index contributed by atoms with van der Waals surface area (Å²) in [6, 6.07) is 0. The average molecular weight is 244 g/mol. The highest BCUT2D eigenvalue weighted by Crippen LogP contribution is 2.11. The molecule has 0 rings (SSSR count). The highest BCUT2D eigenvalue weighted by atomic mass is 16.5. The van der Waals surface area contributed by atoms with Crippen LogP contribution in [0.5, 0.6) is 0 Å². The molecule has 0 aromatic heterocycles. The molecule has 17 heavy (non-hydrogen) atoms. The SMILES string of the molecule is CCCCCCC(C)OC(C)CCC(=O)NN. The molecule has 1 amide bonds. The molecule has 4 nitrogen and oxygen atoms in total. The average Bonchev–Trinajstić information content (AvgIpc) is 2.31. The number of hydrogen-bond acceptors (Lipinski definition) is 3. The van der Waals surface area contributed by atoms with E-state index in [0.29, 0.717) is 6.42 Å². The van der Waals surface area contributed by atoms with Gasteiger partial charge >= 0.3 is 0 Å². The van der Waals surface area contributed by atoms with Crippen LogP contribution in [0.3, 0.4) is 0 Å². The summed E-state index contributed by atoms with van der Waals surface area (Å²) >= 11 is 0. The fourth-order valence-corrected chi connectivity index (χ4v) is 1.80. The summed E-state index contributed by atoms with van der Waals surface area (Å²) in [7, 11) is 0. The standard InChI is InChI=1S/C13H28N2O2/c1-4-5-6-7-8-11(2)17-12(3)9-10-13(16)15-14/h11-12H,4-10,14H2,1-3H3,(H,15,16). The Kier molecular flexibility index (Phi) is 10.2. The second-order valence-electron chi connectivity index (χ2n) is 4.71. The lowest BCUT2D eigenvalue weighted by Gasteiger charge is -2.18. The van der Waals surface area contributed by atoms with Gasteiger partial charge in [0.1, 0.15) is 0 Å². The number of rotatable bonds is 10. The van der Waals surface area contributed by atoms with Gasteiger partial charge in [0.15, 0.2) is 0 Å². The molecule has 0 aliphatic rings. The first-order chi connectivity index (χ1) is 8.10. The summed E-state index contributed by atoms with van der Waals surface area (Å²) in [6.45, 7) is 6.32. The monoisotopic (exact) mass is 244 g/mol. The normalized spacial score (nSPS) is 14.4. The van der Waals surface area contributed by atoms with E-state index in [4.69, 9.17) is 10.6 Å². The van der Waals surface area contributed by atoms with E-state index < -0.39 is 0 Å². The van der Waals surface area contributed by atoms with Crippen molar-refractivity contribution in [2.75, 3.05) is 0 Å². The Morgan fingerprint density at radius 1 is 1.18 bits per heavy atom. The Labute approximate surface area is 105 Å². The topological polar surface area (TPSA) is 64.3 Å². The molecule has 3 N–H and O–H groups in total. The van der Waals surface area contributed by atoms with E-state index in [1.807, 2.05) is 6.92 Å². The maximum absolute atomic E-state index is 11.0. The third-order valence-electron chi connectivity index (χ3n) is 2.87. The van der Waals surface area contributed by atoms with E-state index in [-0.39, 0.29) is 18.1 Å². The van der Waals surface area contributed by atoms with Crippen molar-refractivity contribution >= 4 is 5.91 Å². The lowest BCUT2D eigenvalue weighted by Crippen LogP contribution is -2.30. The summed E-state index contributed by atoms with van der Waals surface area (Å²) in [4.78, 5) is 11.0. The van der Waals surface area contributed by atoms with Gasteiger partial charge in [0, 0.05) is 6.42 Å². The third-order valence-corrected chi connectivity index (χ3v) is 2.87. The minimum absolute atomic E-state index is 0.119. The molecule has 4 heteroatoms. The van der Waals surface area contributed by atoms with Crippen molar-refractivity contribution in [2.45, 2.75) is 77.9 Å². The van der Waals surface area contributed by atoms with E-state index >= 15 is 0 Å². The molecule has 0 aliphatic carbocycles. The quantitative estimate of drug-likeness (QED) is 0.268. The fraction of sp³-hybridized carbons (Fsp3) is 0.923. The highest BCUT2D eigenvalue weighted by Gasteiger charge is 2.10. The third kappa shape index (κ3) is 10.3. The zero-order valence-corrected chi connectivity index (χ0v) is 11.5. The van der Waals surface area contributed by atoms with Gasteiger partial charge in [0.05, 0.1) is 12.2 Å². The molecule has 2 atom stereocenters. The molecule has 0 aliphatic heterocycles. The molecule has 0 fully saturated rings. The molecule has 0 heterocycles. The second-order valence-corrected chi connectivity index (χ2v) is 4.71. The largest absolute Gasteiger partial charge is 0.376 e. The highest BCUT2D eigenvalue weighted by molar-refractivity contribution is 5.75. The molecular weight excluding hydrogens is 216 g/mol. The summed E-state index contributed by atoms with van der Waals surface area (Å²) in [6.07, 6.45) is 7.74. The van der Waals surface area contributed by atoms with Crippen LogP contribution in [0.4, 0.5) is 0 Å². The molecule has 0 aromatic carbocycles. The fourth-order valence-electron chi connectivity index (χ4n) is 1.80. The number of carbonyl (C=O) groups is 1. The van der Waals surface area contributed by atoms with Crippen LogP contribution in [0.25, 0.3) is 0 Å². The van der Waals surface area contributed by atoms with E-state index in [1.54, 1.807) is 0 Å². The van der Waals surface area contributed by atoms with Gasteiger partial charge in [0.2, 0.25) is 5.91 Å². The lowest BCUT2D eigenvalue weighted by atomic mass is 10.1. The van der Waals surface area contributed by atoms with Crippen molar-refractivity contribution in [1.82, 2.24) is 5.43 Å². The predicted octanol–water partition coefficient (Wildman–Crippen LogP) is 2.52. The maximum Gasteiger partial charge on any atom is 0.233 e. The zero-order valence-electron chi connectivity index (χ0n) is 11.5. The molecule has 0 aromatic rings. The number of ether oxygens (including phenoxy) is 1. The number of hydrogen-bond donors (Lipinski definition) is 2. The zero-order chi connectivity index (χ0) is 13.1. The Morgan fingerprint density at radius 3 is 2.41 bits per heavy atom. The Balaban J connectivity index is 3.51. The number of hydrazine groups is 1. The van der Waals surface area contributed by atoms with Crippen LogP contribution in [0.15, 0.2) is 0 Å². The van der Waals surface area contributed by atoms with Crippen LogP contribution in [-0.4, -0.2) is 18.1 Å². The number of nitrogens with one attached hydrogen (secondary N) is 1. The van der Waals surface area contributed by atoms with Gasteiger partial charge in [-0.15, -0.1) is 0 Å². The molecular formula is C13H28N2O2. The molecule has 0 radical (unpaired) electrons. The van der Waals surface area contributed by atoms with Crippen molar-refractivity contribution in [3.63, 3.8) is 0 Å². The number of carbonyl (C=O) groups excluding carboxylic acids is 1. The van der Waals surface area contributed by atoms with E-state index in [1.165, 1.54) is 25.7 Å². The van der Waals surface area contributed by atoms with E-state index in [0.717, 1.165) is 12.8 Å². The van der Waals surface area contributed by atoms with Gasteiger partial charge < -0.3 is 4.74 Å².